The molecule has 0 fully saturated rings. The third kappa shape index (κ3) is 2.60. The van der Waals surface area contributed by atoms with Gasteiger partial charge < -0.3 is 10.1 Å². The molecule has 0 amide bonds. The van der Waals surface area contributed by atoms with Gasteiger partial charge in [0.1, 0.15) is 5.82 Å². The molecule has 0 spiro atoms. The van der Waals surface area contributed by atoms with Gasteiger partial charge >= 0.3 is 0 Å². The molecule has 0 aromatic heterocycles. The number of nitrogens with one attached hydrogen (secondary N) is 1. The van der Waals surface area contributed by atoms with Crippen molar-refractivity contribution >= 4 is 0 Å². The van der Waals surface area contributed by atoms with Gasteiger partial charge in [-0.15, -0.1) is 0 Å². The Kier molecular flexibility index (Phi) is 3.81. The lowest BCUT2D eigenvalue weighted by Gasteiger charge is -2.09. The molecule has 0 saturated heterocycles. The van der Waals surface area contributed by atoms with Crippen LogP contribution in [0.25, 0.3) is 11.1 Å². The van der Waals surface area contributed by atoms with Crippen molar-refractivity contribution < 1.29 is 9.13 Å². The van der Waals surface area contributed by atoms with E-state index in [1.54, 1.807) is 6.07 Å². The summed E-state index contributed by atoms with van der Waals surface area (Å²) in [7, 11) is 0. The summed E-state index contributed by atoms with van der Waals surface area (Å²) in [5.41, 5.74) is 5.05. The van der Waals surface area contributed by atoms with Crippen molar-refractivity contribution in [3.05, 3.63) is 58.9 Å². The molecule has 3 rings (SSSR count). The first-order valence-corrected chi connectivity index (χ1v) is 6.97. The average molecular weight is 271 g/mol. The van der Waals surface area contributed by atoms with Crippen LogP contribution in [-0.2, 0) is 24.5 Å². The molecule has 0 aliphatic carbocycles. The Morgan fingerprint density at radius 3 is 2.80 bits per heavy atom. The first kappa shape index (κ1) is 13.3. The second kappa shape index (κ2) is 5.73. The largest absolute Gasteiger partial charge is 0.372 e. The Morgan fingerprint density at radius 2 is 1.95 bits per heavy atom. The molecule has 3 heteroatoms. The van der Waals surface area contributed by atoms with Crippen molar-refractivity contribution in [3.8, 4) is 11.1 Å². The highest BCUT2D eigenvalue weighted by atomic mass is 19.1. The maximum atomic E-state index is 14.1. The van der Waals surface area contributed by atoms with Crippen LogP contribution in [-0.4, -0.2) is 6.54 Å². The predicted molar refractivity (Wildman–Crippen MR) is 77.7 cm³/mol. The lowest BCUT2D eigenvalue weighted by Crippen LogP contribution is -2.11. The van der Waals surface area contributed by atoms with Crippen LogP contribution in [0, 0.1) is 5.82 Å². The van der Waals surface area contributed by atoms with Crippen molar-refractivity contribution in [1.29, 1.82) is 0 Å². The highest BCUT2D eigenvalue weighted by molar-refractivity contribution is 5.66. The highest BCUT2D eigenvalue weighted by Gasteiger charge is 2.13. The monoisotopic (exact) mass is 271 g/mol. The van der Waals surface area contributed by atoms with Crippen LogP contribution in [0.2, 0.25) is 0 Å². The van der Waals surface area contributed by atoms with Crippen LogP contribution in [0.4, 0.5) is 4.39 Å². The van der Waals surface area contributed by atoms with Crippen molar-refractivity contribution in [2.45, 2.75) is 26.7 Å². The Bertz CT molecular complexity index is 624. The molecule has 1 heterocycles. The molecular formula is C17H18FNO. The first-order valence-electron chi connectivity index (χ1n) is 6.97. The fourth-order valence-electron chi connectivity index (χ4n) is 2.51. The summed E-state index contributed by atoms with van der Waals surface area (Å²) in [6, 6.07) is 11.4. The SMILES string of the molecule is CCNCc1ccc(F)c(-c2ccc3c(c2)COC3)c1. The minimum Gasteiger partial charge on any atom is -0.372 e. The van der Waals surface area contributed by atoms with Crippen molar-refractivity contribution in [2.24, 2.45) is 0 Å². The van der Waals surface area contributed by atoms with Gasteiger partial charge in [0.2, 0.25) is 0 Å². The minimum absolute atomic E-state index is 0.177. The second-order valence-electron chi connectivity index (χ2n) is 5.07. The van der Waals surface area contributed by atoms with Gasteiger partial charge in [-0.05, 0) is 47.0 Å². The van der Waals surface area contributed by atoms with Gasteiger partial charge in [-0.1, -0.05) is 25.1 Å². The van der Waals surface area contributed by atoms with Gasteiger partial charge in [-0.2, -0.15) is 0 Å². The Morgan fingerprint density at radius 1 is 1.10 bits per heavy atom. The summed E-state index contributed by atoms with van der Waals surface area (Å²) in [6.45, 7) is 5.02. The van der Waals surface area contributed by atoms with Crippen LogP contribution < -0.4 is 5.32 Å². The van der Waals surface area contributed by atoms with Crippen molar-refractivity contribution in [1.82, 2.24) is 5.32 Å². The second-order valence-corrected chi connectivity index (χ2v) is 5.07. The molecule has 1 N–H and O–H groups in total. The average Bonchev–Trinajstić information content (AvgIpc) is 2.93. The third-order valence-electron chi connectivity index (χ3n) is 3.64. The fraction of sp³-hybridized carbons (Fsp3) is 0.294. The standard InChI is InChI=1S/C17H18FNO/c1-2-19-9-12-3-6-17(18)16(7-12)13-4-5-14-10-20-11-15(14)8-13/h3-8,19H,2,9-11H2,1H3. The fourth-order valence-corrected chi connectivity index (χ4v) is 2.51. The topological polar surface area (TPSA) is 21.3 Å². The lowest BCUT2D eigenvalue weighted by atomic mass is 9.98. The molecule has 0 bridgehead atoms. The number of ether oxygens (including phenoxy) is 1. The van der Waals surface area contributed by atoms with E-state index in [0.29, 0.717) is 18.8 Å². The van der Waals surface area contributed by atoms with Gasteiger partial charge in [0, 0.05) is 12.1 Å². The van der Waals surface area contributed by atoms with Crippen LogP contribution in [0.15, 0.2) is 36.4 Å². The van der Waals surface area contributed by atoms with Gasteiger partial charge in [0.05, 0.1) is 13.2 Å². The Balaban J connectivity index is 1.96. The smallest absolute Gasteiger partial charge is 0.131 e. The molecule has 2 aromatic carbocycles. The van der Waals surface area contributed by atoms with Gasteiger partial charge in [0.15, 0.2) is 0 Å². The van der Waals surface area contributed by atoms with Crippen LogP contribution in [0.5, 0.6) is 0 Å². The molecule has 0 atom stereocenters. The zero-order valence-corrected chi connectivity index (χ0v) is 11.6. The molecule has 2 nitrogen and oxygen atoms in total. The quantitative estimate of drug-likeness (QED) is 0.916. The number of hydrogen-bond acceptors (Lipinski definition) is 2. The van der Waals surface area contributed by atoms with Gasteiger partial charge in [-0.25, -0.2) is 4.39 Å². The van der Waals surface area contributed by atoms with E-state index < -0.39 is 0 Å². The summed E-state index contributed by atoms with van der Waals surface area (Å²) in [5.74, 6) is -0.177. The van der Waals surface area contributed by atoms with Gasteiger partial charge in [-0.3, -0.25) is 0 Å². The maximum absolute atomic E-state index is 14.1. The van der Waals surface area contributed by atoms with E-state index in [0.717, 1.165) is 24.2 Å². The summed E-state index contributed by atoms with van der Waals surface area (Å²) >= 11 is 0. The molecular weight excluding hydrogens is 253 g/mol. The summed E-state index contributed by atoms with van der Waals surface area (Å²) in [4.78, 5) is 0. The highest BCUT2D eigenvalue weighted by Crippen LogP contribution is 2.29. The number of benzene rings is 2. The molecule has 20 heavy (non-hydrogen) atoms. The number of halogens is 1. The molecule has 2 aromatic rings. The predicted octanol–water partition coefficient (Wildman–Crippen LogP) is 3.63. The van der Waals surface area contributed by atoms with E-state index in [-0.39, 0.29) is 5.82 Å². The third-order valence-corrected chi connectivity index (χ3v) is 3.64. The molecule has 104 valence electrons. The maximum Gasteiger partial charge on any atom is 0.131 e. The molecule has 0 saturated carbocycles. The van der Waals surface area contributed by atoms with E-state index in [4.69, 9.17) is 4.74 Å². The lowest BCUT2D eigenvalue weighted by molar-refractivity contribution is 0.134. The summed E-state index contributed by atoms with van der Waals surface area (Å²) < 4.78 is 19.5. The number of hydrogen-bond donors (Lipinski definition) is 1. The zero-order chi connectivity index (χ0) is 13.9. The van der Waals surface area contributed by atoms with E-state index >= 15 is 0 Å². The molecule has 0 unspecified atom stereocenters. The molecule has 0 radical (unpaired) electrons. The number of rotatable bonds is 4. The minimum atomic E-state index is -0.177. The van der Waals surface area contributed by atoms with Crippen molar-refractivity contribution in [2.75, 3.05) is 6.54 Å². The van der Waals surface area contributed by atoms with E-state index in [1.807, 2.05) is 30.3 Å². The molecule has 1 aliphatic heterocycles. The number of fused-ring (bicyclic) bond motifs is 1. The van der Waals surface area contributed by atoms with Crippen molar-refractivity contribution in [3.63, 3.8) is 0 Å². The molecule has 1 aliphatic rings. The van der Waals surface area contributed by atoms with E-state index in [1.165, 1.54) is 11.1 Å². The summed E-state index contributed by atoms with van der Waals surface area (Å²) in [5, 5.41) is 3.26. The Labute approximate surface area is 118 Å². The van der Waals surface area contributed by atoms with Crippen LogP contribution >= 0.6 is 0 Å². The van der Waals surface area contributed by atoms with Crippen LogP contribution in [0.1, 0.15) is 23.6 Å². The first-order chi connectivity index (χ1) is 9.78. The zero-order valence-electron chi connectivity index (χ0n) is 11.6. The van der Waals surface area contributed by atoms with E-state index in [9.17, 15) is 4.39 Å². The van der Waals surface area contributed by atoms with E-state index in [2.05, 4.69) is 12.2 Å². The summed E-state index contributed by atoms with van der Waals surface area (Å²) in [6.07, 6.45) is 0. The Hall–Kier alpha value is -1.71. The van der Waals surface area contributed by atoms with Gasteiger partial charge in [0.25, 0.3) is 0 Å². The van der Waals surface area contributed by atoms with Crippen LogP contribution in [0.3, 0.4) is 0 Å². The normalized spacial score (nSPS) is 13.5.